The van der Waals surface area contributed by atoms with Gasteiger partial charge in [-0.25, -0.2) is 0 Å². The third-order valence-corrected chi connectivity index (χ3v) is 2.41. The molecule has 0 spiro atoms. The Morgan fingerprint density at radius 3 is 2.27 bits per heavy atom. The van der Waals surface area contributed by atoms with E-state index in [-0.39, 0.29) is 12.2 Å². The van der Waals surface area contributed by atoms with Gasteiger partial charge < -0.3 is 0 Å². The molecule has 0 aromatic rings. The van der Waals surface area contributed by atoms with Gasteiger partial charge in [-0.05, 0) is 31.8 Å². The number of allylic oxidation sites excluding steroid dienone is 1. The molecular formula is C9H16F2O3S. The number of halogens is 2. The molecule has 0 aromatic carbocycles. The van der Waals surface area contributed by atoms with Crippen molar-refractivity contribution in [3.05, 3.63) is 11.7 Å². The second-order valence-electron chi connectivity index (χ2n) is 3.38. The molecule has 0 fully saturated rings. The first-order valence-corrected chi connectivity index (χ1v) is 6.49. The molecular weight excluding hydrogens is 226 g/mol. The van der Waals surface area contributed by atoms with Crippen LogP contribution in [-0.2, 0) is 14.3 Å². The summed E-state index contributed by atoms with van der Waals surface area (Å²) in [6.45, 7) is 1.52. The van der Waals surface area contributed by atoms with Gasteiger partial charge in [-0.15, -0.1) is 0 Å². The molecule has 0 amide bonds. The van der Waals surface area contributed by atoms with Crippen molar-refractivity contribution in [2.75, 3.05) is 12.9 Å². The van der Waals surface area contributed by atoms with Crippen molar-refractivity contribution < 1.29 is 21.4 Å². The summed E-state index contributed by atoms with van der Waals surface area (Å²) in [6.07, 6.45) is 1.58. The fourth-order valence-electron chi connectivity index (χ4n) is 0.974. The predicted octanol–water partition coefficient (Wildman–Crippen LogP) is 2.69. The lowest BCUT2D eigenvalue weighted by Gasteiger charge is -2.01. The highest BCUT2D eigenvalue weighted by Crippen LogP contribution is 2.14. The van der Waals surface area contributed by atoms with Crippen molar-refractivity contribution in [2.45, 2.75) is 32.6 Å². The van der Waals surface area contributed by atoms with Gasteiger partial charge in [0.25, 0.3) is 16.2 Å². The molecule has 0 N–H and O–H groups in total. The molecule has 0 unspecified atom stereocenters. The maximum atomic E-state index is 11.9. The van der Waals surface area contributed by atoms with Crippen LogP contribution in [0.2, 0.25) is 0 Å². The fraction of sp³-hybridized carbons (Fsp3) is 0.778. The topological polar surface area (TPSA) is 43.4 Å². The van der Waals surface area contributed by atoms with Gasteiger partial charge >= 0.3 is 0 Å². The van der Waals surface area contributed by atoms with Crippen LogP contribution in [0, 0.1) is 0 Å². The number of rotatable bonds is 7. The van der Waals surface area contributed by atoms with E-state index in [9.17, 15) is 17.2 Å². The molecule has 0 aliphatic carbocycles. The van der Waals surface area contributed by atoms with Gasteiger partial charge in [-0.3, -0.25) is 4.18 Å². The normalized spacial score (nSPS) is 11.5. The lowest BCUT2D eigenvalue weighted by molar-refractivity contribution is 0.310. The Balaban J connectivity index is 3.46. The summed E-state index contributed by atoms with van der Waals surface area (Å²) in [7, 11) is -3.37. The highest BCUT2D eigenvalue weighted by Gasteiger charge is 2.02. The van der Waals surface area contributed by atoms with E-state index in [0.717, 1.165) is 6.26 Å². The van der Waals surface area contributed by atoms with E-state index in [1.54, 1.807) is 0 Å². The molecule has 0 aliphatic rings. The third kappa shape index (κ3) is 9.81. The van der Waals surface area contributed by atoms with E-state index in [1.165, 1.54) is 6.92 Å². The Morgan fingerprint density at radius 1 is 1.20 bits per heavy atom. The van der Waals surface area contributed by atoms with Gasteiger partial charge in [0.1, 0.15) is 0 Å². The average molecular weight is 242 g/mol. The van der Waals surface area contributed by atoms with Crippen LogP contribution >= 0.6 is 0 Å². The van der Waals surface area contributed by atoms with E-state index in [0.29, 0.717) is 25.7 Å². The number of hydrogen-bond donors (Lipinski definition) is 0. The Morgan fingerprint density at radius 2 is 1.80 bits per heavy atom. The summed E-state index contributed by atoms with van der Waals surface area (Å²) in [6, 6.07) is 0. The van der Waals surface area contributed by atoms with Crippen LogP contribution in [-0.4, -0.2) is 21.3 Å². The second kappa shape index (κ2) is 6.90. The van der Waals surface area contributed by atoms with E-state index in [4.69, 9.17) is 0 Å². The minimum Gasteiger partial charge on any atom is -0.270 e. The molecule has 0 atom stereocenters. The van der Waals surface area contributed by atoms with Gasteiger partial charge in [0.15, 0.2) is 0 Å². The molecule has 0 heterocycles. The van der Waals surface area contributed by atoms with Crippen LogP contribution in [0.1, 0.15) is 32.6 Å². The molecule has 0 bridgehead atoms. The third-order valence-electron chi connectivity index (χ3n) is 1.82. The summed E-state index contributed by atoms with van der Waals surface area (Å²) in [5.74, 6) is 0. The Labute approximate surface area is 89.2 Å². The summed E-state index contributed by atoms with van der Waals surface area (Å²) >= 11 is 0. The largest absolute Gasteiger partial charge is 0.270 e. The monoisotopic (exact) mass is 242 g/mol. The highest BCUT2D eigenvalue weighted by atomic mass is 32.2. The zero-order valence-corrected chi connectivity index (χ0v) is 9.74. The molecule has 0 saturated carbocycles. The molecule has 0 aromatic heterocycles. The zero-order chi connectivity index (χ0) is 11.9. The van der Waals surface area contributed by atoms with Gasteiger partial charge in [0.2, 0.25) is 0 Å². The summed E-state index contributed by atoms with van der Waals surface area (Å²) < 4.78 is 49.4. The van der Waals surface area contributed by atoms with Crippen molar-refractivity contribution >= 4 is 10.1 Å². The zero-order valence-electron chi connectivity index (χ0n) is 8.92. The molecule has 0 saturated heterocycles. The first-order chi connectivity index (χ1) is 6.83. The van der Waals surface area contributed by atoms with E-state index in [2.05, 4.69) is 4.18 Å². The summed E-state index contributed by atoms with van der Waals surface area (Å²) in [4.78, 5) is 0. The Kier molecular flexibility index (Phi) is 6.67. The van der Waals surface area contributed by atoms with Gasteiger partial charge in [-0.2, -0.15) is 17.2 Å². The highest BCUT2D eigenvalue weighted by molar-refractivity contribution is 7.85. The van der Waals surface area contributed by atoms with E-state index >= 15 is 0 Å². The van der Waals surface area contributed by atoms with Crippen LogP contribution < -0.4 is 0 Å². The summed E-state index contributed by atoms with van der Waals surface area (Å²) in [5.41, 5.74) is 0.0963. The maximum absolute atomic E-state index is 11.9. The quantitative estimate of drug-likeness (QED) is 0.509. The number of hydrogen-bond acceptors (Lipinski definition) is 3. The molecule has 0 rings (SSSR count). The Hall–Kier alpha value is -0.490. The van der Waals surface area contributed by atoms with Gasteiger partial charge in [-0.1, -0.05) is 6.42 Å². The van der Waals surface area contributed by atoms with Gasteiger partial charge in [0.05, 0.1) is 12.9 Å². The molecule has 3 nitrogen and oxygen atoms in total. The lowest BCUT2D eigenvalue weighted by Crippen LogP contribution is -2.03. The SMILES string of the molecule is CC(CCCCCOS(C)(=O)=O)=C(F)F. The van der Waals surface area contributed by atoms with Crippen LogP contribution in [0.5, 0.6) is 0 Å². The van der Waals surface area contributed by atoms with Crippen molar-refractivity contribution in [1.82, 2.24) is 0 Å². The molecule has 90 valence electrons. The van der Waals surface area contributed by atoms with Crippen LogP contribution in [0.25, 0.3) is 0 Å². The van der Waals surface area contributed by atoms with E-state index < -0.39 is 16.2 Å². The predicted molar refractivity (Wildman–Crippen MR) is 54.2 cm³/mol. The van der Waals surface area contributed by atoms with Crippen LogP contribution in [0.3, 0.4) is 0 Å². The van der Waals surface area contributed by atoms with Crippen LogP contribution in [0.15, 0.2) is 11.7 Å². The van der Waals surface area contributed by atoms with Crippen molar-refractivity contribution in [3.8, 4) is 0 Å². The molecule has 15 heavy (non-hydrogen) atoms. The van der Waals surface area contributed by atoms with Crippen LogP contribution in [0.4, 0.5) is 8.78 Å². The molecule has 6 heteroatoms. The van der Waals surface area contributed by atoms with Gasteiger partial charge in [0, 0.05) is 0 Å². The fourth-order valence-corrected chi connectivity index (χ4v) is 1.39. The second-order valence-corrected chi connectivity index (χ2v) is 5.02. The smallest absolute Gasteiger partial charge is 0.269 e. The average Bonchev–Trinajstić information content (AvgIpc) is 2.08. The van der Waals surface area contributed by atoms with Crippen molar-refractivity contribution in [2.24, 2.45) is 0 Å². The lowest BCUT2D eigenvalue weighted by atomic mass is 10.1. The molecule has 0 radical (unpaired) electrons. The number of unbranched alkanes of at least 4 members (excludes halogenated alkanes) is 2. The van der Waals surface area contributed by atoms with Crippen molar-refractivity contribution in [3.63, 3.8) is 0 Å². The van der Waals surface area contributed by atoms with E-state index in [1.807, 2.05) is 0 Å². The molecule has 0 aliphatic heterocycles. The maximum Gasteiger partial charge on any atom is 0.269 e. The minimum absolute atomic E-state index is 0.0963. The first-order valence-electron chi connectivity index (χ1n) is 4.68. The minimum atomic E-state index is -3.37. The first kappa shape index (κ1) is 14.5. The summed E-state index contributed by atoms with van der Waals surface area (Å²) in [5, 5.41) is 0. The standard InChI is InChI=1S/C9H16F2O3S/c1-8(9(10)11)6-4-3-5-7-14-15(2,12)13/h3-7H2,1-2H3. The Bertz CT molecular complexity index is 305. The van der Waals surface area contributed by atoms with Crippen molar-refractivity contribution in [1.29, 1.82) is 0 Å².